The molecule has 1 aromatic heterocycles. The van der Waals surface area contributed by atoms with Gasteiger partial charge in [0.2, 0.25) is 0 Å². The number of nitrogens with zero attached hydrogens (tertiary/aromatic N) is 3. The van der Waals surface area contributed by atoms with Crippen molar-refractivity contribution in [3.8, 4) is 0 Å². The Kier molecular flexibility index (Phi) is 5.38. The van der Waals surface area contributed by atoms with Gasteiger partial charge in [0, 0.05) is 38.6 Å². The number of rotatable bonds is 5. The lowest BCUT2D eigenvalue weighted by molar-refractivity contribution is 0.249. The summed E-state index contributed by atoms with van der Waals surface area (Å²) in [6, 6.07) is 4.67. The van der Waals surface area contributed by atoms with Crippen LogP contribution in [-0.2, 0) is 6.42 Å². The summed E-state index contributed by atoms with van der Waals surface area (Å²) in [5.74, 6) is 2.08. The van der Waals surface area contributed by atoms with Crippen LogP contribution in [0, 0.1) is 0 Å². The fraction of sp³-hybridized carbons (Fsp3) is 0.706. The monoisotopic (exact) mass is 304 g/mol. The number of furan rings is 1. The van der Waals surface area contributed by atoms with Gasteiger partial charge in [-0.25, -0.2) is 0 Å². The SMILES string of the molecule is CCNC(=NCCc1ccco1)N1CCC(N2CCCC2)C1. The molecule has 0 radical (unpaired) electrons. The summed E-state index contributed by atoms with van der Waals surface area (Å²) in [5, 5.41) is 3.44. The molecule has 0 amide bonds. The van der Waals surface area contributed by atoms with Crippen LogP contribution in [0.3, 0.4) is 0 Å². The van der Waals surface area contributed by atoms with Crippen LogP contribution >= 0.6 is 0 Å². The van der Waals surface area contributed by atoms with Crippen LogP contribution in [0.2, 0.25) is 0 Å². The van der Waals surface area contributed by atoms with E-state index in [1.54, 1.807) is 6.26 Å². The fourth-order valence-corrected chi connectivity index (χ4v) is 3.49. The average Bonchev–Trinajstić information content (AvgIpc) is 3.27. The lowest BCUT2D eigenvalue weighted by Gasteiger charge is -2.25. The first-order valence-electron chi connectivity index (χ1n) is 8.66. The molecule has 0 aliphatic carbocycles. The molecule has 1 aromatic rings. The predicted molar refractivity (Wildman–Crippen MR) is 89.2 cm³/mol. The predicted octanol–water partition coefficient (Wildman–Crippen LogP) is 1.96. The van der Waals surface area contributed by atoms with Gasteiger partial charge in [0.15, 0.2) is 5.96 Å². The Hall–Kier alpha value is -1.49. The van der Waals surface area contributed by atoms with Crippen molar-refractivity contribution in [2.24, 2.45) is 4.99 Å². The van der Waals surface area contributed by atoms with E-state index < -0.39 is 0 Å². The van der Waals surface area contributed by atoms with Crippen molar-refractivity contribution in [3.05, 3.63) is 24.2 Å². The van der Waals surface area contributed by atoms with Gasteiger partial charge in [0.05, 0.1) is 6.26 Å². The highest BCUT2D eigenvalue weighted by atomic mass is 16.3. The van der Waals surface area contributed by atoms with Crippen molar-refractivity contribution < 1.29 is 4.42 Å². The summed E-state index contributed by atoms with van der Waals surface area (Å²) in [4.78, 5) is 9.87. The van der Waals surface area contributed by atoms with Gasteiger partial charge in [0.1, 0.15) is 5.76 Å². The molecule has 2 aliphatic heterocycles. The highest BCUT2D eigenvalue weighted by Crippen LogP contribution is 2.20. The Bertz CT molecular complexity index is 465. The van der Waals surface area contributed by atoms with E-state index in [9.17, 15) is 0 Å². The molecule has 0 saturated carbocycles. The number of aliphatic imine (C=N–C) groups is 1. The Morgan fingerprint density at radius 2 is 2.23 bits per heavy atom. The maximum absolute atomic E-state index is 5.38. The Balaban J connectivity index is 1.53. The van der Waals surface area contributed by atoms with E-state index in [-0.39, 0.29) is 0 Å². The lowest BCUT2D eigenvalue weighted by atomic mass is 10.2. The van der Waals surface area contributed by atoms with Crippen molar-refractivity contribution in [3.63, 3.8) is 0 Å². The van der Waals surface area contributed by atoms with Crippen LogP contribution in [0.5, 0.6) is 0 Å². The third kappa shape index (κ3) is 3.83. The van der Waals surface area contributed by atoms with Crippen molar-refractivity contribution in [2.75, 3.05) is 39.3 Å². The van der Waals surface area contributed by atoms with Crippen molar-refractivity contribution in [1.29, 1.82) is 0 Å². The fourth-order valence-electron chi connectivity index (χ4n) is 3.49. The van der Waals surface area contributed by atoms with Crippen LogP contribution in [0.4, 0.5) is 0 Å². The molecule has 5 nitrogen and oxygen atoms in total. The smallest absolute Gasteiger partial charge is 0.193 e. The minimum Gasteiger partial charge on any atom is -0.469 e. The van der Waals surface area contributed by atoms with E-state index in [1.807, 2.05) is 12.1 Å². The first-order valence-corrected chi connectivity index (χ1v) is 8.66. The molecule has 1 unspecified atom stereocenters. The summed E-state index contributed by atoms with van der Waals surface area (Å²) in [6.45, 7) is 8.64. The maximum Gasteiger partial charge on any atom is 0.193 e. The molecule has 5 heteroatoms. The molecule has 3 rings (SSSR count). The van der Waals surface area contributed by atoms with E-state index >= 15 is 0 Å². The topological polar surface area (TPSA) is 44.0 Å². The molecule has 1 N–H and O–H groups in total. The molecule has 2 fully saturated rings. The van der Waals surface area contributed by atoms with Gasteiger partial charge in [-0.05, 0) is 51.4 Å². The number of nitrogens with one attached hydrogen (secondary N) is 1. The van der Waals surface area contributed by atoms with E-state index in [2.05, 4.69) is 22.0 Å². The van der Waals surface area contributed by atoms with Gasteiger partial charge < -0.3 is 14.6 Å². The molecule has 0 spiro atoms. The number of likely N-dealkylation sites (tertiary alicyclic amines) is 2. The second kappa shape index (κ2) is 7.68. The molecule has 0 bridgehead atoms. The van der Waals surface area contributed by atoms with Gasteiger partial charge in [-0.2, -0.15) is 0 Å². The number of hydrogen-bond acceptors (Lipinski definition) is 3. The van der Waals surface area contributed by atoms with Crippen LogP contribution in [0.25, 0.3) is 0 Å². The Morgan fingerprint density at radius 3 is 2.95 bits per heavy atom. The Morgan fingerprint density at radius 1 is 1.36 bits per heavy atom. The van der Waals surface area contributed by atoms with Crippen molar-refractivity contribution in [2.45, 2.75) is 38.6 Å². The molecule has 122 valence electrons. The maximum atomic E-state index is 5.38. The summed E-state index contributed by atoms with van der Waals surface area (Å²) in [5.41, 5.74) is 0. The summed E-state index contributed by atoms with van der Waals surface area (Å²) in [6.07, 6.45) is 6.60. The van der Waals surface area contributed by atoms with Crippen molar-refractivity contribution in [1.82, 2.24) is 15.1 Å². The van der Waals surface area contributed by atoms with Gasteiger partial charge in [-0.1, -0.05) is 0 Å². The second-order valence-corrected chi connectivity index (χ2v) is 6.20. The molecule has 1 atom stereocenters. The molecule has 2 aliphatic rings. The van der Waals surface area contributed by atoms with Gasteiger partial charge >= 0.3 is 0 Å². The van der Waals surface area contributed by atoms with Crippen LogP contribution in [0.1, 0.15) is 31.9 Å². The van der Waals surface area contributed by atoms with E-state index in [0.29, 0.717) is 0 Å². The second-order valence-electron chi connectivity index (χ2n) is 6.20. The molecule has 22 heavy (non-hydrogen) atoms. The third-order valence-corrected chi connectivity index (χ3v) is 4.65. The zero-order chi connectivity index (χ0) is 15.2. The largest absolute Gasteiger partial charge is 0.469 e. The lowest BCUT2D eigenvalue weighted by Crippen LogP contribution is -2.42. The van der Waals surface area contributed by atoms with Crippen LogP contribution in [0.15, 0.2) is 27.8 Å². The van der Waals surface area contributed by atoms with E-state index in [4.69, 9.17) is 9.41 Å². The number of guanidine groups is 1. The van der Waals surface area contributed by atoms with E-state index in [1.165, 1.54) is 32.4 Å². The minimum atomic E-state index is 0.719. The van der Waals surface area contributed by atoms with Crippen LogP contribution in [-0.4, -0.2) is 61.1 Å². The highest BCUT2D eigenvalue weighted by molar-refractivity contribution is 5.80. The standard InChI is InChI=1S/C17H28N4O/c1-2-18-17(19-9-7-16-6-5-13-22-16)21-12-8-15(14-21)20-10-3-4-11-20/h5-6,13,15H,2-4,7-12,14H2,1H3,(H,18,19). The molecular weight excluding hydrogens is 276 g/mol. The van der Waals surface area contributed by atoms with Gasteiger partial charge in [-0.15, -0.1) is 0 Å². The highest BCUT2D eigenvalue weighted by Gasteiger charge is 2.30. The third-order valence-electron chi connectivity index (χ3n) is 4.65. The molecule has 2 saturated heterocycles. The first kappa shape index (κ1) is 15.4. The summed E-state index contributed by atoms with van der Waals surface area (Å²) in [7, 11) is 0. The van der Waals surface area contributed by atoms with Gasteiger partial charge in [0.25, 0.3) is 0 Å². The normalized spacial score (nSPS) is 23.4. The average molecular weight is 304 g/mol. The zero-order valence-corrected chi connectivity index (χ0v) is 13.6. The quantitative estimate of drug-likeness (QED) is 0.667. The van der Waals surface area contributed by atoms with Crippen LogP contribution < -0.4 is 5.32 Å². The van der Waals surface area contributed by atoms with Gasteiger partial charge in [-0.3, -0.25) is 9.89 Å². The summed E-state index contributed by atoms with van der Waals surface area (Å²) >= 11 is 0. The minimum absolute atomic E-state index is 0.719. The summed E-state index contributed by atoms with van der Waals surface area (Å²) < 4.78 is 5.38. The van der Waals surface area contributed by atoms with Crippen molar-refractivity contribution >= 4 is 5.96 Å². The zero-order valence-electron chi connectivity index (χ0n) is 13.6. The molecule has 0 aromatic carbocycles. The first-order chi connectivity index (χ1) is 10.9. The Labute approximate surface area is 133 Å². The molecular formula is C17H28N4O. The van der Waals surface area contributed by atoms with E-state index in [0.717, 1.165) is 50.4 Å². The number of hydrogen-bond donors (Lipinski definition) is 1. The molecule has 3 heterocycles.